The Bertz CT molecular complexity index is 413. The first kappa shape index (κ1) is 13.9. The molecular weight excluding hydrogens is 244 g/mol. The molecule has 1 unspecified atom stereocenters. The largest absolute Gasteiger partial charge is 0.480 e. The molecule has 7 heteroatoms. The fraction of sp³-hybridized carbons (Fsp3) is 0.800. The first-order chi connectivity index (χ1) is 7.94. The lowest BCUT2D eigenvalue weighted by Gasteiger charge is -2.25. The molecule has 1 atom stereocenters. The minimum atomic E-state index is -3.01. The second-order valence-electron chi connectivity index (χ2n) is 4.18. The van der Waals surface area contributed by atoms with Gasteiger partial charge in [0.05, 0.1) is 24.1 Å². The smallest absolute Gasteiger partial charge is 0.317 e. The Hall–Kier alpha value is -1.13. The number of sulfone groups is 1. The minimum Gasteiger partial charge on any atom is -0.480 e. The summed E-state index contributed by atoms with van der Waals surface area (Å²) in [7, 11) is -3.01. The fourth-order valence-corrected chi connectivity index (χ4v) is 3.75. The van der Waals surface area contributed by atoms with Crippen LogP contribution in [-0.4, -0.2) is 55.0 Å². The van der Waals surface area contributed by atoms with Crippen LogP contribution in [0.15, 0.2) is 0 Å². The Labute approximate surface area is 101 Å². The van der Waals surface area contributed by atoms with E-state index in [1.165, 1.54) is 0 Å². The van der Waals surface area contributed by atoms with Crippen molar-refractivity contribution in [2.75, 3.05) is 24.6 Å². The van der Waals surface area contributed by atoms with Crippen LogP contribution >= 0.6 is 0 Å². The van der Waals surface area contributed by atoms with Gasteiger partial charge in [-0.1, -0.05) is 0 Å². The maximum absolute atomic E-state index is 11.3. The van der Waals surface area contributed by atoms with Gasteiger partial charge in [0.1, 0.15) is 0 Å². The molecule has 0 aromatic rings. The van der Waals surface area contributed by atoms with Gasteiger partial charge in [-0.15, -0.1) is 0 Å². The number of aliphatic carboxylic acids is 1. The summed E-state index contributed by atoms with van der Waals surface area (Å²) >= 11 is 0. The van der Waals surface area contributed by atoms with E-state index in [1.807, 2.05) is 6.07 Å². The van der Waals surface area contributed by atoms with Crippen LogP contribution in [0.4, 0.5) is 0 Å². The number of unbranched alkanes of at least 4 members (excludes halogenated alkanes) is 1. The van der Waals surface area contributed by atoms with Crippen molar-refractivity contribution in [3.05, 3.63) is 0 Å². The quantitative estimate of drug-likeness (QED) is 0.668. The first-order valence-corrected chi connectivity index (χ1v) is 7.30. The predicted octanol–water partition coefficient (Wildman–Crippen LogP) is -0.136. The second-order valence-corrected chi connectivity index (χ2v) is 6.41. The molecule has 17 heavy (non-hydrogen) atoms. The van der Waals surface area contributed by atoms with Crippen LogP contribution in [0.3, 0.4) is 0 Å². The lowest BCUT2D eigenvalue weighted by Crippen LogP contribution is -2.40. The molecule has 1 aliphatic rings. The molecule has 0 aliphatic carbocycles. The van der Waals surface area contributed by atoms with Crippen molar-refractivity contribution in [2.45, 2.75) is 25.3 Å². The normalized spacial score (nSPS) is 22.5. The van der Waals surface area contributed by atoms with Gasteiger partial charge in [0.25, 0.3) is 0 Å². The molecule has 0 saturated carbocycles. The molecule has 1 saturated heterocycles. The highest BCUT2D eigenvalue weighted by Crippen LogP contribution is 2.18. The summed E-state index contributed by atoms with van der Waals surface area (Å²) in [5, 5.41) is 17.2. The third kappa shape index (κ3) is 4.71. The molecule has 1 fully saturated rings. The van der Waals surface area contributed by atoms with E-state index in [1.54, 1.807) is 4.90 Å². The molecule has 0 amide bonds. The Kier molecular flexibility index (Phi) is 4.90. The highest BCUT2D eigenvalue weighted by molar-refractivity contribution is 7.91. The van der Waals surface area contributed by atoms with Crippen LogP contribution in [-0.2, 0) is 14.6 Å². The number of carboxylic acid groups (broad SMARTS) is 1. The van der Waals surface area contributed by atoms with Crippen LogP contribution in [0.1, 0.15) is 19.3 Å². The minimum absolute atomic E-state index is 0.0346. The van der Waals surface area contributed by atoms with Gasteiger partial charge in [0.15, 0.2) is 9.84 Å². The van der Waals surface area contributed by atoms with E-state index in [-0.39, 0.29) is 24.1 Å². The van der Waals surface area contributed by atoms with E-state index in [2.05, 4.69) is 0 Å². The number of carbonyl (C=O) groups is 1. The Morgan fingerprint density at radius 1 is 1.53 bits per heavy atom. The summed E-state index contributed by atoms with van der Waals surface area (Å²) in [4.78, 5) is 12.4. The first-order valence-electron chi connectivity index (χ1n) is 5.48. The van der Waals surface area contributed by atoms with Crippen LogP contribution in [0.2, 0.25) is 0 Å². The lowest BCUT2D eigenvalue weighted by atomic mass is 10.2. The van der Waals surface area contributed by atoms with Crippen molar-refractivity contribution < 1.29 is 18.3 Å². The highest BCUT2D eigenvalue weighted by atomic mass is 32.2. The van der Waals surface area contributed by atoms with Gasteiger partial charge in [-0.05, 0) is 12.8 Å². The molecule has 1 rings (SSSR count). The standard InChI is InChI=1S/C10H16N2O4S/c11-4-1-2-5-12(7-10(13)14)9-3-6-17(15,16)8-9/h9H,1-3,5-8H2,(H,13,14). The molecule has 0 aromatic carbocycles. The van der Waals surface area contributed by atoms with Gasteiger partial charge in [0.2, 0.25) is 0 Å². The molecule has 1 N–H and O–H groups in total. The van der Waals surface area contributed by atoms with Gasteiger partial charge in [-0.25, -0.2) is 8.42 Å². The summed E-state index contributed by atoms with van der Waals surface area (Å²) in [6, 6.07) is 1.78. The van der Waals surface area contributed by atoms with E-state index in [9.17, 15) is 13.2 Å². The van der Waals surface area contributed by atoms with Crippen molar-refractivity contribution in [3.63, 3.8) is 0 Å². The van der Waals surface area contributed by atoms with E-state index >= 15 is 0 Å². The van der Waals surface area contributed by atoms with Gasteiger partial charge in [-0.3, -0.25) is 9.69 Å². The van der Waals surface area contributed by atoms with Crippen molar-refractivity contribution in [2.24, 2.45) is 0 Å². The molecule has 0 bridgehead atoms. The lowest BCUT2D eigenvalue weighted by molar-refractivity contribution is -0.138. The number of rotatable bonds is 6. The summed E-state index contributed by atoms with van der Waals surface area (Å²) < 4.78 is 22.7. The molecule has 0 radical (unpaired) electrons. The fourth-order valence-electron chi connectivity index (χ4n) is 1.99. The van der Waals surface area contributed by atoms with Crippen LogP contribution < -0.4 is 0 Å². The highest BCUT2D eigenvalue weighted by Gasteiger charge is 2.32. The summed E-state index contributed by atoms with van der Waals surface area (Å²) in [6.07, 6.45) is 1.41. The summed E-state index contributed by atoms with van der Waals surface area (Å²) in [5.74, 6) is -0.801. The van der Waals surface area contributed by atoms with E-state index in [4.69, 9.17) is 10.4 Å². The Balaban J connectivity index is 2.57. The number of hydrogen-bond acceptors (Lipinski definition) is 5. The molecule has 6 nitrogen and oxygen atoms in total. The third-order valence-corrected chi connectivity index (χ3v) is 4.55. The number of nitrogens with zero attached hydrogens (tertiary/aromatic N) is 2. The maximum atomic E-state index is 11.3. The third-order valence-electron chi connectivity index (χ3n) is 2.80. The average molecular weight is 260 g/mol. The molecule has 1 heterocycles. The van der Waals surface area contributed by atoms with Crippen LogP contribution in [0.25, 0.3) is 0 Å². The topological polar surface area (TPSA) is 98.5 Å². The monoisotopic (exact) mass is 260 g/mol. The number of carboxylic acids is 1. The van der Waals surface area contributed by atoms with Gasteiger partial charge >= 0.3 is 5.97 Å². The van der Waals surface area contributed by atoms with Crippen molar-refractivity contribution >= 4 is 15.8 Å². The zero-order valence-electron chi connectivity index (χ0n) is 9.50. The predicted molar refractivity (Wildman–Crippen MR) is 61.1 cm³/mol. The zero-order chi connectivity index (χ0) is 12.9. The van der Waals surface area contributed by atoms with E-state index in [0.717, 1.165) is 0 Å². The Morgan fingerprint density at radius 2 is 2.24 bits per heavy atom. The van der Waals surface area contributed by atoms with Crippen molar-refractivity contribution in [1.82, 2.24) is 4.90 Å². The molecule has 96 valence electrons. The van der Waals surface area contributed by atoms with E-state index in [0.29, 0.717) is 25.8 Å². The molecule has 1 aliphatic heterocycles. The average Bonchev–Trinajstić information content (AvgIpc) is 2.57. The van der Waals surface area contributed by atoms with Crippen LogP contribution in [0.5, 0.6) is 0 Å². The van der Waals surface area contributed by atoms with Gasteiger partial charge in [0, 0.05) is 19.0 Å². The molecular formula is C10H16N2O4S. The molecule has 0 spiro atoms. The van der Waals surface area contributed by atoms with Gasteiger partial charge in [-0.2, -0.15) is 5.26 Å². The number of nitriles is 1. The number of hydrogen-bond donors (Lipinski definition) is 1. The maximum Gasteiger partial charge on any atom is 0.317 e. The summed E-state index contributed by atoms with van der Waals surface area (Å²) in [6.45, 7) is 0.297. The van der Waals surface area contributed by atoms with Gasteiger partial charge < -0.3 is 5.11 Å². The van der Waals surface area contributed by atoms with Crippen LogP contribution in [0, 0.1) is 11.3 Å². The van der Waals surface area contributed by atoms with Crippen molar-refractivity contribution in [1.29, 1.82) is 5.26 Å². The second kappa shape index (κ2) is 5.98. The zero-order valence-corrected chi connectivity index (χ0v) is 10.3. The Morgan fingerprint density at radius 3 is 2.71 bits per heavy atom. The summed E-state index contributed by atoms with van der Waals surface area (Å²) in [5.41, 5.74) is 0. The van der Waals surface area contributed by atoms with Crippen molar-refractivity contribution in [3.8, 4) is 6.07 Å². The van der Waals surface area contributed by atoms with E-state index < -0.39 is 15.8 Å². The SMILES string of the molecule is N#CCCCN(CC(=O)O)C1CCS(=O)(=O)C1. The molecule has 0 aromatic heterocycles.